The molecule has 2 atom stereocenters. The highest BCUT2D eigenvalue weighted by molar-refractivity contribution is 6.00. The number of hydrogen-bond acceptors (Lipinski definition) is 3. The molecule has 0 aromatic rings. The quantitative estimate of drug-likeness (QED) is 0.706. The molecule has 0 fully saturated rings. The van der Waals surface area contributed by atoms with Gasteiger partial charge in [0, 0.05) is 18.7 Å². The zero-order valence-electron chi connectivity index (χ0n) is 13.0. The number of ketones is 2. The lowest BCUT2D eigenvalue weighted by molar-refractivity contribution is -0.130. The lowest BCUT2D eigenvalue weighted by Crippen LogP contribution is -2.33. The highest BCUT2D eigenvalue weighted by Gasteiger charge is 2.41. The number of unbranched alkanes of at least 4 members (excludes halogenated alkanes) is 1. The summed E-state index contributed by atoms with van der Waals surface area (Å²) in [5.74, 6) is 0.00339. The van der Waals surface area contributed by atoms with Gasteiger partial charge in [0.1, 0.15) is 5.78 Å². The SMILES string of the molecule is CCC1C(=O)C=CC2=C1N(CCCCC(C)=O)C(=O)C2C. The lowest BCUT2D eigenvalue weighted by atomic mass is 9.87. The maximum Gasteiger partial charge on any atom is 0.234 e. The molecule has 1 aliphatic carbocycles. The zero-order valence-corrected chi connectivity index (χ0v) is 13.0. The van der Waals surface area contributed by atoms with Gasteiger partial charge in [-0.05, 0) is 44.8 Å². The Kier molecular flexibility index (Phi) is 4.76. The predicted octanol–water partition coefficient (Wildman–Crippen LogP) is 2.64. The number of Topliss-reactive ketones (excluding diaryl/α,β-unsaturated/α-hetero) is 1. The first-order chi connectivity index (χ1) is 9.97. The van der Waals surface area contributed by atoms with Crippen LogP contribution in [-0.2, 0) is 14.4 Å². The van der Waals surface area contributed by atoms with Crippen molar-refractivity contribution in [2.45, 2.75) is 46.5 Å². The molecule has 0 N–H and O–H groups in total. The van der Waals surface area contributed by atoms with Crippen molar-refractivity contribution in [2.24, 2.45) is 11.8 Å². The summed E-state index contributed by atoms with van der Waals surface area (Å²) in [7, 11) is 0. The predicted molar refractivity (Wildman–Crippen MR) is 80.4 cm³/mol. The second-order valence-corrected chi connectivity index (χ2v) is 5.91. The van der Waals surface area contributed by atoms with Crippen LogP contribution < -0.4 is 0 Å². The first-order valence-corrected chi connectivity index (χ1v) is 7.74. The van der Waals surface area contributed by atoms with Crippen molar-refractivity contribution in [2.75, 3.05) is 6.54 Å². The van der Waals surface area contributed by atoms with Crippen LogP contribution in [0.15, 0.2) is 23.4 Å². The van der Waals surface area contributed by atoms with Crippen molar-refractivity contribution < 1.29 is 14.4 Å². The lowest BCUT2D eigenvalue weighted by Gasteiger charge is -2.27. The number of nitrogens with zero attached hydrogens (tertiary/aromatic N) is 1. The maximum atomic E-state index is 12.4. The summed E-state index contributed by atoms with van der Waals surface area (Å²) in [6, 6.07) is 0. The highest BCUT2D eigenvalue weighted by atomic mass is 16.2. The van der Waals surface area contributed by atoms with E-state index in [4.69, 9.17) is 0 Å². The first-order valence-electron chi connectivity index (χ1n) is 7.74. The third-order valence-corrected chi connectivity index (χ3v) is 4.36. The van der Waals surface area contributed by atoms with Crippen LogP contribution in [-0.4, -0.2) is 28.9 Å². The summed E-state index contributed by atoms with van der Waals surface area (Å²) in [5.41, 5.74) is 1.91. The van der Waals surface area contributed by atoms with E-state index in [9.17, 15) is 14.4 Å². The molecule has 0 bridgehead atoms. The summed E-state index contributed by atoms with van der Waals surface area (Å²) >= 11 is 0. The molecule has 21 heavy (non-hydrogen) atoms. The fraction of sp³-hybridized carbons (Fsp3) is 0.588. The number of carbonyl (C=O) groups excluding carboxylic acids is 3. The van der Waals surface area contributed by atoms with E-state index in [-0.39, 0.29) is 29.3 Å². The van der Waals surface area contributed by atoms with Crippen LogP contribution in [0.5, 0.6) is 0 Å². The molecule has 1 amide bonds. The molecule has 0 saturated heterocycles. The molecule has 2 aliphatic rings. The topological polar surface area (TPSA) is 54.5 Å². The van der Waals surface area contributed by atoms with E-state index < -0.39 is 0 Å². The average Bonchev–Trinajstić information content (AvgIpc) is 2.68. The third-order valence-electron chi connectivity index (χ3n) is 4.36. The Hall–Kier alpha value is -1.71. The van der Waals surface area contributed by atoms with Crippen molar-refractivity contribution >= 4 is 17.5 Å². The fourth-order valence-corrected chi connectivity index (χ4v) is 3.17. The third kappa shape index (κ3) is 2.99. The molecule has 1 heterocycles. The monoisotopic (exact) mass is 289 g/mol. The molecule has 114 valence electrons. The van der Waals surface area contributed by atoms with Crippen LogP contribution in [0.3, 0.4) is 0 Å². The number of carbonyl (C=O) groups is 3. The van der Waals surface area contributed by atoms with Crippen molar-refractivity contribution in [3.63, 3.8) is 0 Å². The molecule has 4 heteroatoms. The van der Waals surface area contributed by atoms with E-state index in [0.29, 0.717) is 19.4 Å². The second-order valence-electron chi connectivity index (χ2n) is 5.91. The Labute approximate surface area is 125 Å². The average molecular weight is 289 g/mol. The summed E-state index contributed by atoms with van der Waals surface area (Å²) in [6.07, 6.45) is 6.27. The smallest absolute Gasteiger partial charge is 0.234 e. The van der Waals surface area contributed by atoms with Gasteiger partial charge in [0.15, 0.2) is 5.78 Å². The molecule has 0 radical (unpaired) electrons. The number of rotatable bonds is 6. The maximum absolute atomic E-state index is 12.4. The molecule has 2 rings (SSSR count). The summed E-state index contributed by atoms with van der Waals surface area (Å²) < 4.78 is 0. The summed E-state index contributed by atoms with van der Waals surface area (Å²) in [4.78, 5) is 37.3. The molecule has 1 aliphatic heterocycles. The van der Waals surface area contributed by atoms with Gasteiger partial charge in [-0.25, -0.2) is 0 Å². The molecule has 2 unspecified atom stereocenters. The molecule has 0 aromatic carbocycles. The standard InChI is InChI=1S/C17H23NO3/c1-4-13-15(20)9-8-14-12(3)17(21)18(16(13)14)10-6-5-7-11(2)19/h8-9,12-13H,4-7,10H2,1-3H3. The number of allylic oxidation sites excluding steroid dienone is 3. The van der Waals surface area contributed by atoms with Gasteiger partial charge in [0.05, 0.1) is 11.8 Å². The van der Waals surface area contributed by atoms with Crippen LogP contribution in [0.2, 0.25) is 0 Å². The van der Waals surface area contributed by atoms with Crippen LogP contribution in [0.25, 0.3) is 0 Å². The zero-order chi connectivity index (χ0) is 15.6. The normalized spacial score (nSPS) is 24.8. The number of hydrogen-bond donors (Lipinski definition) is 0. The summed E-state index contributed by atoms with van der Waals surface area (Å²) in [5, 5.41) is 0. The molecule has 0 saturated carbocycles. The van der Waals surface area contributed by atoms with Crippen molar-refractivity contribution in [1.29, 1.82) is 0 Å². The van der Waals surface area contributed by atoms with E-state index in [2.05, 4.69) is 0 Å². The van der Waals surface area contributed by atoms with Crippen molar-refractivity contribution in [3.8, 4) is 0 Å². The molecular weight excluding hydrogens is 266 g/mol. The molecule has 4 nitrogen and oxygen atoms in total. The molecule has 0 aromatic heterocycles. The van der Waals surface area contributed by atoms with Gasteiger partial charge in [-0.15, -0.1) is 0 Å². The van der Waals surface area contributed by atoms with Gasteiger partial charge in [0.25, 0.3) is 0 Å². The van der Waals surface area contributed by atoms with Crippen LogP contribution in [0, 0.1) is 11.8 Å². The van der Waals surface area contributed by atoms with E-state index in [0.717, 1.165) is 24.1 Å². The van der Waals surface area contributed by atoms with E-state index >= 15 is 0 Å². The van der Waals surface area contributed by atoms with Crippen LogP contribution in [0.1, 0.15) is 46.5 Å². The van der Waals surface area contributed by atoms with Gasteiger partial charge in [-0.3, -0.25) is 9.59 Å². The van der Waals surface area contributed by atoms with Crippen molar-refractivity contribution in [1.82, 2.24) is 4.90 Å². The van der Waals surface area contributed by atoms with E-state index in [1.54, 1.807) is 17.9 Å². The molecule has 0 spiro atoms. The van der Waals surface area contributed by atoms with Gasteiger partial charge < -0.3 is 9.69 Å². The Balaban J connectivity index is 2.14. The minimum Gasteiger partial charge on any atom is -0.315 e. The minimum atomic E-state index is -0.188. The Bertz CT molecular complexity index is 530. The van der Waals surface area contributed by atoms with Gasteiger partial charge in [-0.2, -0.15) is 0 Å². The molecular formula is C17H23NO3. The highest BCUT2D eigenvalue weighted by Crippen LogP contribution is 2.39. The Morgan fingerprint density at radius 3 is 2.57 bits per heavy atom. The van der Waals surface area contributed by atoms with Gasteiger partial charge in [-0.1, -0.05) is 13.0 Å². The Morgan fingerprint density at radius 1 is 1.24 bits per heavy atom. The van der Waals surface area contributed by atoms with Gasteiger partial charge >= 0.3 is 0 Å². The van der Waals surface area contributed by atoms with Crippen LogP contribution >= 0.6 is 0 Å². The van der Waals surface area contributed by atoms with E-state index in [1.165, 1.54) is 0 Å². The minimum absolute atomic E-state index is 0.0839. The Morgan fingerprint density at radius 2 is 1.95 bits per heavy atom. The fourth-order valence-electron chi connectivity index (χ4n) is 3.17. The van der Waals surface area contributed by atoms with Crippen molar-refractivity contribution in [3.05, 3.63) is 23.4 Å². The van der Waals surface area contributed by atoms with Gasteiger partial charge in [0.2, 0.25) is 5.91 Å². The number of amides is 1. The van der Waals surface area contributed by atoms with E-state index in [1.807, 2.05) is 19.9 Å². The largest absolute Gasteiger partial charge is 0.315 e. The second kappa shape index (κ2) is 6.37. The first kappa shape index (κ1) is 15.7. The summed E-state index contributed by atoms with van der Waals surface area (Å²) in [6.45, 7) is 6.07. The van der Waals surface area contributed by atoms with Crippen LogP contribution in [0.4, 0.5) is 0 Å².